The fourth-order valence-corrected chi connectivity index (χ4v) is 7.99. The first-order chi connectivity index (χ1) is 21.2. The fourth-order valence-electron chi connectivity index (χ4n) is 4.70. The molecule has 2 heterocycles. The topological polar surface area (TPSA) is 88.4 Å². The van der Waals surface area contributed by atoms with Crippen molar-refractivity contribution in [3.05, 3.63) is 115 Å². The van der Waals surface area contributed by atoms with Gasteiger partial charge >= 0.3 is 5.97 Å². The molecule has 1 aliphatic heterocycles. The first-order valence-corrected chi connectivity index (χ1v) is 16.9. The SMILES string of the molecule is CCOc1ccc([C@@H]2C(C(=O)OC)=CN=c3s/c(=C\c4cc(I)c(OCc5ccccc5Cl)c(I)c4)c(=O)n32)cc1OCC. The van der Waals surface area contributed by atoms with Crippen LogP contribution in [0.4, 0.5) is 0 Å². The van der Waals surface area contributed by atoms with Gasteiger partial charge in [0, 0.05) is 16.8 Å². The second kappa shape index (κ2) is 14.5. The molecule has 1 aromatic heterocycles. The minimum atomic E-state index is -0.767. The summed E-state index contributed by atoms with van der Waals surface area (Å²) in [5, 5.41) is 0.650. The average Bonchev–Trinajstić information content (AvgIpc) is 3.32. The van der Waals surface area contributed by atoms with Crippen LogP contribution in [0.2, 0.25) is 5.02 Å². The average molecular weight is 857 g/mol. The van der Waals surface area contributed by atoms with Crippen LogP contribution < -0.4 is 29.1 Å². The lowest BCUT2D eigenvalue weighted by atomic mass is 9.97. The second-order valence-electron chi connectivity index (χ2n) is 9.44. The van der Waals surface area contributed by atoms with Gasteiger partial charge in [0.2, 0.25) is 0 Å². The minimum absolute atomic E-state index is 0.238. The van der Waals surface area contributed by atoms with E-state index in [-0.39, 0.29) is 11.1 Å². The van der Waals surface area contributed by atoms with Crippen molar-refractivity contribution in [3.8, 4) is 17.2 Å². The summed E-state index contributed by atoms with van der Waals surface area (Å²) in [6, 6.07) is 16.1. The first-order valence-electron chi connectivity index (χ1n) is 13.6. The number of fused-ring (bicyclic) bond motifs is 1. The molecule has 3 aromatic carbocycles. The maximum Gasteiger partial charge on any atom is 0.337 e. The van der Waals surface area contributed by atoms with Gasteiger partial charge in [-0.05, 0) is 107 Å². The zero-order chi connectivity index (χ0) is 31.4. The number of carbonyl (C=O) groups excluding carboxylic acids is 1. The van der Waals surface area contributed by atoms with Crippen molar-refractivity contribution in [2.75, 3.05) is 20.3 Å². The highest BCUT2D eigenvalue weighted by Crippen LogP contribution is 2.35. The number of nitrogens with zero attached hydrogens (tertiary/aromatic N) is 2. The molecule has 44 heavy (non-hydrogen) atoms. The summed E-state index contributed by atoms with van der Waals surface area (Å²) in [5.74, 6) is 1.28. The fraction of sp³-hybridized carbons (Fsp3) is 0.219. The van der Waals surface area contributed by atoms with Crippen LogP contribution >= 0.6 is 68.1 Å². The third-order valence-corrected chi connectivity index (χ3v) is 9.62. The Morgan fingerprint density at radius 2 is 1.73 bits per heavy atom. The molecule has 4 aromatic rings. The smallest absolute Gasteiger partial charge is 0.337 e. The number of methoxy groups -OCH3 is 1. The molecule has 0 fully saturated rings. The van der Waals surface area contributed by atoms with E-state index in [0.717, 1.165) is 24.0 Å². The van der Waals surface area contributed by atoms with Gasteiger partial charge in [-0.3, -0.25) is 9.36 Å². The van der Waals surface area contributed by atoms with Gasteiger partial charge in [0.25, 0.3) is 5.56 Å². The van der Waals surface area contributed by atoms with Crippen LogP contribution in [0.3, 0.4) is 0 Å². The van der Waals surface area contributed by atoms with E-state index in [4.69, 9.17) is 30.5 Å². The summed E-state index contributed by atoms with van der Waals surface area (Å²) in [4.78, 5) is 31.8. The molecule has 0 radical (unpaired) electrons. The van der Waals surface area contributed by atoms with E-state index in [1.165, 1.54) is 29.2 Å². The molecular weight excluding hydrogens is 830 g/mol. The molecule has 0 unspecified atom stereocenters. The summed E-state index contributed by atoms with van der Waals surface area (Å²) in [7, 11) is 1.31. The predicted octanol–water partition coefficient (Wildman–Crippen LogP) is 6.26. The molecule has 0 spiro atoms. The largest absolute Gasteiger partial charge is 0.490 e. The lowest BCUT2D eigenvalue weighted by molar-refractivity contribution is -0.136. The molecule has 228 valence electrons. The molecule has 0 saturated heterocycles. The first kappa shape index (κ1) is 32.5. The number of aromatic nitrogens is 1. The normalized spacial score (nSPS) is 14.4. The van der Waals surface area contributed by atoms with E-state index in [2.05, 4.69) is 50.2 Å². The third kappa shape index (κ3) is 6.85. The number of carbonyl (C=O) groups is 1. The summed E-state index contributed by atoms with van der Waals surface area (Å²) < 4.78 is 26.5. The molecule has 0 aliphatic carbocycles. The van der Waals surface area contributed by atoms with E-state index < -0.39 is 12.0 Å². The van der Waals surface area contributed by atoms with Gasteiger partial charge in [-0.1, -0.05) is 47.2 Å². The van der Waals surface area contributed by atoms with Crippen LogP contribution in [-0.2, 0) is 16.1 Å². The molecule has 0 N–H and O–H groups in total. The molecule has 0 bridgehead atoms. The lowest BCUT2D eigenvalue weighted by Crippen LogP contribution is -2.39. The number of hydrogen-bond acceptors (Lipinski definition) is 8. The van der Waals surface area contributed by atoms with Crippen LogP contribution in [0.15, 0.2) is 76.2 Å². The third-order valence-electron chi connectivity index (χ3n) is 6.66. The molecule has 5 rings (SSSR count). The molecule has 12 heteroatoms. The number of benzene rings is 3. The van der Waals surface area contributed by atoms with Crippen molar-refractivity contribution in [2.24, 2.45) is 4.99 Å². The standard InChI is InChI=1S/C32H27ClI2N2O6S/c1-4-41-25-11-10-19(15-26(25)42-5-2)28-21(31(39)40-3)16-36-32-37(28)30(38)27(44-32)14-18-12-23(34)29(24(35)13-18)43-17-20-8-6-7-9-22(20)33/h6-16,28H,4-5,17H2,1-3H3/b27-14-/t28-/m1/s1. The molecule has 0 saturated carbocycles. The van der Waals surface area contributed by atoms with E-state index in [9.17, 15) is 9.59 Å². The maximum absolute atomic E-state index is 14.0. The summed E-state index contributed by atoms with van der Waals surface area (Å²) in [6.45, 7) is 5.00. The predicted molar refractivity (Wildman–Crippen MR) is 188 cm³/mol. The number of esters is 1. The number of halogens is 3. The van der Waals surface area contributed by atoms with Gasteiger partial charge in [-0.15, -0.1) is 0 Å². The van der Waals surface area contributed by atoms with Crippen molar-refractivity contribution in [1.82, 2.24) is 4.57 Å². The highest BCUT2D eigenvalue weighted by Gasteiger charge is 2.31. The van der Waals surface area contributed by atoms with Crippen molar-refractivity contribution in [3.63, 3.8) is 0 Å². The number of thiazole rings is 1. The van der Waals surface area contributed by atoms with E-state index in [0.29, 0.717) is 51.2 Å². The zero-order valence-corrected chi connectivity index (χ0v) is 29.8. The van der Waals surface area contributed by atoms with E-state index >= 15 is 0 Å². The van der Waals surface area contributed by atoms with Gasteiger partial charge in [-0.25, -0.2) is 9.79 Å². The van der Waals surface area contributed by atoms with Gasteiger partial charge in [0.1, 0.15) is 12.4 Å². The molecular formula is C32H27ClI2N2O6S. The van der Waals surface area contributed by atoms with E-state index in [1.54, 1.807) is 12.1 Å². The lowest BCUT2D eigenvalue weighted by Gasteiger charge is -2.23. The summed E-state index contributed by atoms with van der Waals surface area (Å²) in [6.07, 6.45) is 3.30. The quantitative estimate of drug-likeness (QED) is 0.139. The minimum Gasteiger partial charge on any atom is -0.490 e. The number of hydrogen-bond donors (Lipinski definition) is 0. The number of rotatable bonds is 10. The Morgan fingerprint density at radius 3 is 2.41 bits per heavy atom. The molecule has 8 nitrogen and oxygen atoms in total. The van der Waals surface area contributed by atoms with Crippen LogP contribution in [0.25, 0.3) is 6.08 Å². The highest BCUT2D eigenvalue weighted by molar-refractivity contribution is 14.1. The van der Waals surface area contributed by atoms with Gasteiger partial charge < -0.3 is 18.9 Å². The Labute approximate surface area is 290 Å². The number of ether oxygens (including phenoxy) is 4. The molecule has 1 atom stereocenters. The second-order valence-corrected chi connectivity index (χ2v) is 13.2. The maximum atomic E-state index is 14.0. The Morgan fingerprint density at radius 1 is 1.02 bits per heavy atom. The Kier molecular flexibility index (Phi) is 10.7. The highest BCUT2D eigenvalue weighted by atomic mass is 127. The van der Waals surface area contributed by atoms with Crippen molar-refractivity contribution >= 4 is 80.2 Å². The van der Waals surface area contributed by atoms with Crippen LogP contribution in [0.5, 0.6) is 17.2 Å². The van der Waals surface area contributed by atoms with Gasteiger partial charge in [0.05, 0.1) is 43.6 Å². The Hall–Kier alpha value is -2.88. The summed E-state index contributed by atoms with van der Waals surface area (Å²) >= 11 is 12.0. The van der Waals surface area contributed by atoms with Crippen molar-refractivity contribution in [1.29, 1.82) is 0 Å². The Bertz CT molecular complexity index is 1910. The van der Waals surface area contributed by atoms with Gasteiger partial charge in [0.15, 0.2) is 16.3 Å². The monoisotopic (exact) mass is 856 g/mol. The van der Waals surface area contributed by atoms with Crippen molar-refractivity contribution in [2.45, 2.75) is 26.5 Å². The van der Waals surface area contributed by atoms with Crippen LogP contribution in [0, 0.1) is 7.14 Å². The van der Waals surface area contributed by atoms with Crippen molar-refractivity contribution < 1.29 is 23.7 Å². The Balaban J connectivity index is 1.55. The van der Waals surface area contributed by atoms with E-state index in [1.807, 2.05) is 62.4 Å². The van der Waals surface area contributed by atoms with Crippen LogP contribution in [-0.4, -0.2) is 30.9 Å². The van der Waals surface area contributed by atoms with Gasteiger partial charge in [-0.2, -0.15) is 0 Å². The molecule has 1 aliphatic rings. The zero-order valence-electron chi connectivity index (χ0n) is 23.9. The molecule has 0 amide bonds. The summed E-state index contributed by atoms with van der Waals surface area (Å²) in [5.41, 5.74) is 2.36. The van der Waals surface area contributed by atoms with Crippen LogP contribution in [0.1, 0.15) is 36.6 Å².